The largest absolute Gasteiger partial charge is 0.507 e. The number of phenolic OH excluding ortho intramolecular Hbond substituents is 1. The van der Waals surface area contributed by atoms with Gasteiger partial charge in [0, 0.05) is 18.1 Å². The highest BCUT2D eigenvalue weighted by Gasteiger charge is 2.15. The summed E-state index contributed by atoms with van der Waals surface area (Å²) in [5.74, 6) is 0.465. The third kappa shape index (κ3) is 6.15. The van der Waals surface area contributed by atoms with Gasteiger partial charge in [-0.1, -0.05) is 42.5 Å². The molecule has 0 aliphatic heterocycles. The summed E-state index contributed by atoms with van der Waals surface area (Å²) in [5.41, 5.74) is 1.88. The van der Waals surface area contributed by atoms with E-state index in [-0.39, 0.29) is 23.8 Å². The van der Waals surface area contributed by atoms with Crippen LogP contribution in [-0.2, 0) is 15.3 Å². The van der Waals surface area contributed by atoms with Crippen LogP contribution in [0.1, 0.15) is 21.5 Å². The van der Waals surface area contributed by atoms with Crippen LogP contribution in [0.15, 0.2) is 48.5 Å². The maximum atomic E-state index is 11.9. The number of phenols is 1. The second-order valence-corrected chi connectivity index (χ2v) is 6.54. The number of carbonyl (C=O) groups excluding carboxylic acids is 2. The van der Waals surface area contributed by atoms with Crippen LogP contribution >= 0.6 is 11.8 Å². The third-order valence-electron chi connectivity index (χ3n) is 3.47. The van der Waals surface area contributed by atoms with Crippen molar-refractivity contribution in [3.63, 3.8) is 0 Å². The van der Waals surface area contributed by atoms with Crippen LogP contribution in [0.4, 0.5) is 0 Å². The lowest BCUT2D eigenvalue weighted by Crippen LogP contribution is -2.30. The average Bonchev–Trinajstić information content (AvgIpc) is 2.62. The van der Waals surface area contributed by atoms with Gasteiger partial charge in [0.25, 0.3) is 5.91 Å². The molecule has 0 fully saturated rings. The SMILES string of the molecule is Cc1cccc(C(=O)OCC(=O)NCCSCc2ccccc2)c1O. The van der Waals surface area contributed by atoms with Gasteiger partial charge in [0.1, 0.15) is 11.3 Å². The molecule has 1 amide bonds. The van der Waals surface area contributed by atoms with E-state index in [0.29, 0.717) is 12.1 Å². The smallest absolute Gasteiger partial charge is 0.342 e. The highest BCUT2D eigenvalue weighted by Crippen LogP contribution is 2.21. The van der Waals surface area contributed by atoms with E-state index in [1.807, 2.05) is 18.2 Å². The van der Waals surface area contributed by atoms with Crippen LogP contribution in [0.25, 0.3) is 0 Å². The van der Waals surface area contributed by atoms with Crippen molar-refractivity contribution in [3.8, 4) is 5.75 Å². The Labute approximate surface area is 151 Å². The lowest BCUT2D eigenvalue weighted by Gasteiger charge is -2.08. The van der Waals surface area contributed by atoms with Crippen molar-refractivity contribution in [3.05, 3.63) is 65.2 Å². The zero-order valence-corrected chi connectivity index (χ0v) is 14.8. The Balaban J connectivity index is 1.63. The van der Waals surface area contributed by atoms with E-state index in [2.05, 4.69) is 17.4 Å². The van der Waals surface area contributed by atoms with E-state index in [0.717, 1.165) is 11.5 Å². The maximum Gasteiger partial charge on any atom is 0.342 e. The molecular formula is C19H21NO4S. The van der Waals surface area contributed by atoms with Crippen molar-refractivity contribution in [1.29, 1.82) is 0 Å². The second-order valence-electron chi connectivity index (χ2n) is 5.44. The summed E-state index contributed by atoms with van der Waals surface area (Å²) in [6, 6.07) is 14.9. The van der Waals surface area contributed by atoms with Crippen LogP contribution in [0.2, 0.25) is 0 Å². The molecule has 0 aromatic heterocycles. The molecule has 2 N–H and O–H groups in total. The predicted octanol–water partition coefficient (Wildman–Crippen LogP) is 2.91. The molecule has 0 saturated carbocycles. The van der Waals surface area contributed by atoms with Gasteiger partial charge in [0.15, 0.2) is 6.61 Å². The number of amides is 1. The zero-order valence-electron chi connectivity index (χ0n) is 14.0. The molecular weight excluding hydrogens is 338 g/mol. The Morgan fingerprint density at radius 2 is 1.88 bits per heavy atom. The summed E-state index contributed by atoms with van der Waals surface area (Å²) in [6.45, 7) is 1.82. The lowest BCUT2D eigenvalue weighted by molar-refractivity contribution is -0.124. The number of ether oxygens (including phenoxy) is 1. The third-order valence-corrected chi connectivity index (χ3v) is 4.50. The van der Waals surface area contributed by atoms with Gasteiger partial charge >= 0.3 is 5.97 Å². The van der Waals surface area contributed by atoms with E-state index in [1.165, 1.54) is 11.6 Å². The number of nitrogens with one attached hydrogen (secondary N) is 1. The van der Waals surface area contributed by atoms with Crippen LogP contribution in [0, 0.1) is 6.92 Å². The average molecular weight is 359 g/mol. The maximum absolute atomic E-state index is 11.9. The van der Waals surface area contributed by atoms with Gasteiger partial charge in [-0.2, -0.15) is 11.8 Å². The molecule has 0 aliphatic carbocycles. The minimum Gasteiger partial charge on any atom is -0.507 e. The molecule has 2 rings (SSSR count). The Bertz CT molecular complexity index is 719. The van der Waals surface area contributed by atoms with Gasteiger partial charge in [-0.25, -0.2) is 4.79 Å². The minimum absolute atomic E-state index is 0.0613. The summed E-state index contributed by atoms with van der Waals surface area (Å²) >= 11 is 1.72. The number of carbonyl (C=O) groups is 2. The van der Waals surface area contributed by atoms with Crippen LogP contribution < -0.4 is 5.32 Å². The molecule has 0 heterocycles. The Hall–Kier alpha value is -2.47. The quantitative estimate of drug-likeness (QED) is 0.560. The van der Waals surface area contributed by atoms with E-state index in [9.17, 15) is 14.7 Å². The fourth-order valence-corrected chi connectivity index (χ4v) is 2.93. The van der Waals surface area contributed by atoms with Crippen LogP contribution in [-0.4, -0.2) is 35.9 Å². The fraction of sp³-hybridized carbons (Fsp3) is 0.263. The van der Waals surface area contributed by atoms with E-state index < -0.39 is 5.97 Å². The number of esters is 1. The number of rotatable bonds is 8. The van der Waals surface area contributed by atoms with E-state index in [4.69, 9.17) is 4.74 Å². The second kappa shape index (κ2) is 9.74. The van der Waals surface area contributed by atoms with Crippen molar-refractivity contribution in [2.75, 3.05) is 18.9 Å². The Morgan fingerprint density at radius 1 is 1.12 bits per heavy atom. The number of aryl methyl sites for hydroxylation is 1. The minimum atomic E-state index is -0.713. The van der Waals surface area contributed by atoms with Crippen molar-refractivity contribution in [2.45, 2.75) is 12.7 Å². The molecule has 5 nitrogen and oxygen atoms in total. The van der Waals surface area contributed by atoms with Crippen molar-refractivity contribution >= 4 is 23.6 Å². The molecule has 0 saturated heterocycles. The molecule has 2 aromatic carbocycles. The first-order valence-corrected chi connectivity index (χ1v) is 9.07. The molecule has 0 bridgehead atoms. The lowest BCUT2D eigenvalue weighted by atomic mass is 10.1. The topological polar surface area (TPSA) is 75.6 Å². The Kier molecular flexibility index (Phi) is 7.35. The number of para-hydroxylation sites is 1. The highest BCUT2D eigenvalue weighted by molar-refractivity contribution is 7.98. The molecule has 25 heavy (non-hydrogen) atoms. The van der Waals surface area contributed by atoms with Crippen molar-refractivity contribution < 1.29 is 19.4 Å². The number of thioether (sulfide) groups is 1. The normalized spacial score (nSPS) is 10.3. The highest BCUT2D eigenvalue weighted by atomic mass is 32.2. The van der Waals surface area contributed by atoms with Gasteiger partial charge in [-0.05, 0) is 24.1 Å². The van der Waals surface area contributed by atoms with Gasteiger partial charge in [0.05, 0.1) is 0 Å². The summed E-state index contributed by atoms with van der Waals surface area (Å²) in [5, 5.41) is 12.5. The first kappa shape index (κ1) is 18.9. The van der Waals surface area contributed by atoms with Gasteiger partial charge < -0.3 is 15.2 Å². The summed E-state index contributed by atoms with van der Waals surface area (Å²) < 4.78 is 4.93. The summed E-state index contributed by atoms with van der Waals surface area (Å²) in [6.07, 6.45) is 0. The standard InChI is InChI=1S/C19H21NO4S/c1-14-6-5-9-16(18(14)22)19(23)24-12-17(21)20-10-11-25-13-15-7-3-2-4-8-15/h2-9,22H,10-13H2,1H3,(H,20,21). The molecule has 132 valence electrons. The van der Waals surface area contributed by atoms with Crippen LogP contribution in [0.5, 0.6) is 5.75 Å². The first-order valence-electron chi connectivity index (χ1n) is 7.92. The molecule has 0 atom stereocenters. The zero-order chi connectivity index (χ0) is 18.1. The van der Waals surface area contributed by atoms with Gasteiger partial charge in [0.2, 0.25) is 0 Å². The summed E-state index contributed by atoms with van der Waals surface area (Å²) in [4.78, 5) is 23.6. The van der Waals surface area contributed by atoms with E-state index in [1.54, 1.807) is 30.8 Å². The number of benzene rings is 2. The molecule has 0 radical (unpaired) electrons. The van der Waals surface area contributed by atoms with Gasteiger partial charge in [-0.3, -0.25) is 4.79 Å². The fourth-order valence-electron chi connectivity index (χ4n) is 2.11. The number of aromatic hydroxyl groups is 1. The molecule has 6 heteroatoms. The Morgan fingerprint density at radius 3 is 2.64 bits per heavy atom. The molecule has 0 spiro atoms. The summed E-state index contributed by atoms with van der Waals surface area (Å²) in [7, 11) is 0. The monoisotopic (exact) mass is 359 g/mol. The van der Waals surface area contributed by atoms with Crippen molar-refractivity contribution in [1.82, 2.24) is 5.32 Å². The van der Waals surface area contributed by atoms with Crippen LogP contribution in [0.3, 0.4) is 0 Å². The van der Waals surface area contributed by atoms with Gasteiger partial charge in [-0.15, -0.1) is 0 Å². The predicted molar refractivity (Wildman–Crippen MR) is 98.7 cm³/mol. The van der Waals surface area contributed by atoms with E-state index >= 15 is 0 Å². The molecule has 0 aliphatic rings. The van der Waals surface area contributed by atoms with Crippen molar-refractivity contribution in [2.24, 2.45) is 0 Å². The first-order chi connectivity index (χ1) is 12.1. The molecule has 2 aromatic rings. The number of hydrogen-bond donors (Lipinski definition) is 2. The number of hydrogen-bond acceptors (Lipinski definition) is 5. The molecule has 0 unspecified atom stereocenters.